The molecule has 196 valence electrons. The van der Waals surface area contributed by atoms with Gasteiger partial charge in [-0.05, 0) is 18.1 Å². The number of aliphatic carboxylic acids is 2. The molecule has 2 aromatic rings. The van der Waals surface area contributed by atoms with Gasteiger partial charge in [0, 0.05) is 35.7 Å². The van der Waals surface area contributed by atoms with Gasteiger partial charge in [-0.1, -0.05) is 18.2 Å². The molecule has 0 fully saturated rings. The first-order valence-corrected chi connectivity index (χ1v) is 11.6. The van der Waals surface area contributed by atoms with Gasteiger partial charge >= 0.3 is 11.9 Å². The fraction of sp³-hybridized carbons (Fsp3) is 0.409. The summed E-state index contributed by atoms with van der Waals surface area (Å²) in [6.07, 6.45) is 0.809. The van der Waals surface area contributed by atoms with E-state index in [1.165, 1.54) is 0 Å². The molecule has 0 saturated carbocycles. The molecule has 0 aliphatic heterocycles. The van der Waals surface area contributed by atoms with Crippen LogP contribution in [-0.4, -0.2) is 86.5 Å². The Balaban J connectivity index is 2.31. The molecule has 3 amide bonds. The van der Waals surface area contributed by atoms with Crippen molar-refractivity contribution in [3.63, 3.8) is 0 Å². The summed E-state index contributed by atoms with van der Waals surface area (Å²) in [6.45, 7) is -0.881. The molecule has 36 heavy (non-hydrogen) atoms. The molecule has 4 unspecified atom stereocenters. The lowest BCUT2D eigenvalue weighted by Gasteiger charge is -2.24. The highest BCUT2D eigenvalue weighted by atomic mass is 32.1. The fourth-order valence-electron chi connectivity index (χ4n) is 3.36. The number of amides is 3. The predicted octanol–water partition coefficient (Wildman–Crippen LogP) is -1.64. The monoisotopic (exact) mass is 523 g/mol. The summed E-state index contributed by atoms with van der Waals surface area (Å²) >= 11 is 3.93. The Bertz CT molecular complexity index is 1110. The minimum atomic E-state index is -1.62. The maximum atomic E-state index is 13.1. The third-order valence-electron chi connectivity index (χ3n) is 5.34. The first kappa shape index (κ1) is 28.6. The number of nitrogens with one attached hydrogen (secondary N) is 4. The number of hydrogen-bond donors (Lipinski definition) is 9. The number of nitrogens with two attached hydrogens (primary N) is 1. The van der Waals surface area contributed by atoms with E-state index in [1.807, 2.05) is 0 Å². The van der Waals surface area contributed by atoms with Crippen LogP contribution in [0, 0.1) is 0 Å². The number of carbonyl (C=O) groups is 5. The number of carbonyl (C=O) groups excluding carboxylic acids is 3. The SMILES string of the molecule is NC(CS)C(=O)NC(CCC(=O)O)C(=O)NC(Cc1c[nH]c2ccccc12)C(=O)NC(CO)C(=O)O. The molecule has 1 aromatic heterocycles. The first-order chi connectivity index (χ1) is 17.1. The van der Waals surface area contributed by atoms with Crippen molar-refractivity contribution in [3.05, 3.63) is 36.0 Å². The molecular weight excluding hydrogens is 494 g/mol. The van der Waals surface area contributed by atoms with E-state index >= 15 is 0 Å². The van der Waals surface area contributed by atoms with E-state index in [9.17, 15) is 34.2 Å². The Hall–Kier alpha value is -3.62. The smallest absolute Gasteiger partial charge is 0.328 e. The van der Waals surface area contributed by atoms with E-state index in [-0.39, 0.29) is 18.6 Å². The van der Waals surface area contributed by atoms with Crippen LogP contribution in [0.3, 0.4) is 0 Å². The van der Waals surface area contributed by atoms with Gasteiger partial charge in [0.25, 0.3) is 0 Å². The van der Waals surface area contributed by atoms with E-state index < -0.39 is 66.9 Å². The Morgan fingerprint density at radius 1 is 0.944 bits per heavy atom. The van der Waals surface area contributed by atoms with Crippen LogP contribution in [0.4, 0.5) is 0 Å². The van der Waals surface area contributed by atoms with Gasteiger partial charge in [-0.3, -0.25) is 19.2 Å². The van der Waals surface area contributed by atoms with E-state index in [1.54, 1.807) is 30.5 Å². The molecule has 9 N–H and O–H groups in total. The number of benzene rings is 1. The number of aromatic nitrogens is 1. The molecule has 0 radical (unpaired) electrons. The average Bonchev–Trinajstić information content (AvgIpc) is 3.26. The normalized spacial score (nSPS) is 14.3. The van der Waals surface area contributed by atoms with E-state index in [4.69, 9.17) is 10.8 Å². The maximum Gasteiger partial charge on any atom is 0.328 e. The lowest BCUT2D eigenvalue weighted by molar-refractivity contribution is -0.143. The number of fused-ring (bicyclic) bond motifs is 1. The molecule has 1 aromatic carbocycles. The lowest BCUT2D eigenvalue weighted by Crippen LogP contribution is -2.58. The number of aliphatic hydroxyl groups excluding tert-OH is 1. The minimum absolute atomic E-state index is 0.0254. The Labute approximate surface area is 211 Å². The number of para-hydroxylation sites is 1. The number of rotatable bonds is 14. The first-order valence-electron chi connectivity index (χ1n) is 10.9. The standard InChI is InChI=1S/C22H29N5O8S/c23-13(10-36)19(31)25-15(5-6-18(29)30)20(32)26-16(21(33)27-17(9-28)22(34)35)7-11-8-24-14-4-2-1-3-12(11)14/h1-4,8,13,15-17,24,28,36H,5-7,9-10,23H2,(H,25,31)(H,26,32)(H,27,33)(H,29,30)(H,34,35). The number of carboxylic acid groups (broad SMARTS) is 2. The Morgan fingerprint density at radius 2 is 1.56 bits per heavy atom. The average molecular weight is 524 g/mol. The van der Waals surface area contributed by atoms with Crippen molar-refractivity contribution >= 4 is 53.2 Å². The zero-order valence-electron chi connectivity index (χ0n) is 19.1. The molecule has 13 nitrogen and oxygen atoms in total. The van der Waals surface area contributed by atoms with Crippen LogP contribution < -0.4 is 21.7 Å². The van der Waals surface area contributed by atoms with Crippen LogP contribution in [0.2, 0.25) is 0 Å². The van der Waals surface area contributed by atoms with Crippen LogP contribution in [0.1, 0.15) is 18.4 Å². The fourth-order valence-corrected chi connectivity index (χ4v) is 3.52. The second-order valence-electron chi connectivity index (χ2n) is 7.99. The highest BCUT2D eigenvalue weighted by molar-refractivity contribution is 7.80. The van der Waals surface area contributed by atoms with E-state index in [0.717, 1.165) is 10.9 Å². The van der Waals surface area contributed by atoms with Crippen molar-refractivity contribution in [1.82, 2.24) is 20.9 Å². The van der Waals surface area contributed by atoms with Crippen LogP contribution in [0.15, 0.2) is 30.5 Å². The molecule has 4 atom stereocenters. The summed E-state index contributed by atoms with van der Waals surface area (Å²) in [5, 5.41) is 35.2. The van der Waals surface area contributed by atoms with Crippen molar-refractivity contribution in [3.8, 4) is 0 Å². The lowest BCUT2D eigenvalue weighted by atomic mass is 10.0. The Kier molecular flexibility index (Phi) is 10.7. The number of carboxylic acids is 2. The van der Waals surface area contributed by atoms with Crippen molar-refractivity contribution in [2.75, 3.05) is 12.4 Å². The van der Waals surface area contributed by atoms with Gasteiger partial charge in [-0.15, -0.1) is 0 Å². The molecule has 2 rings (SSSR count). The predicted molar refractivity (Wildman–Crippen MR) is 131 cm³/mol. The van der Waals surface area contributed by atoms with Crippen LogP contribution in [-0.2, 0) is 30.4 Å². The number of hydrogen-bond acceptors (Lipinski definition) is 8. The van der Waals surface area contributed by atoms with Gasteiger partial charge < -0.3 is 42.0 Å². The number of thiol groups is 1. The number of aromatic amines is 1. The number of aliphatic hydroxyl groups is 1. The zero-order valence-corrected chi connectivity index (χ0v) is 20.0. The summed E-state index contributed by atoms with van der Waals surface area (Å²) in [5.74, 6) is -5.21. The van der Waals surface area contributed by atoms with Crippen LogP contribution in [0.5, 0.6) is 0 Å². The van der Waals surface area contributed by atoms with Crippen LogP contribution >= 0.6 is 12.6 Å². The van der Waals surface area contributed by atoms with Gasteiger partial charge in [0.2, 0.25) is 17.7 Å². The second kappa shape index (κ2) is 13.5. The highest BCUT2D eigenvalue weighted by Crippen LogP contribution is 2.19. The zero-order chi connectivity index (χ0) is 26.8. The topological polar surface area (TPSA) is 224 Å². The van der Waals surface area contributed by atoms with Crippen molar-refractivity contribution in [2.24, 2.45) is 5.73 Å². The van der Waals surface area contributed by atoms with Crippen LogP contribution in [0.25, 0.3) is 10.9 Å². The number of H-pyrrole nitrogens is 1. The Morgan fingerprint density at radius 3 is 2.17 bits per heavy atom. The molecule has 0 spiro atoms. The molecule has 0 aliphatic carbocycles. The van der Waals surface area contributed by atoms with Gasteiger partial charge in [0.15, 0.2) is 0 Å². The molecule has 0 bridgehead atoms. The minimum Gasteiger partial charge on any atom is -0.481 e. The maximum absolute atomic E-state index is 13.1. The summed E-state index contributed by atoms with van der Waals surface area (Å²) in [6, 6.07) is 1.84. The van der Waals surface area contributed by atoms with E-state index in [0.29, 0.717) is 5.56 Å². The summed E-state index contributed by atoms with van der Waals surface area (Å²) in [7, 11) is 0. The van der Waals surface area contributed by atoms with Gasteiger partial charge in [-0.2, -0.15) is 12.6 Å². The third-order valence-corrected chi connectivity index (χ3v) is 5.74. The largest absolute Gasteiger partial charge is 0.481 e. The van der Waals surface area contributed by atoms with Crippen molar-refractivity contribution < 1.29 is 39.3 Å². The third kappa shape index (κ3) is 7.96. The van der Waals surface area contributed by atoms with Gasteiger partial charge in [0.1, 0.15) is 18.1 Å². The molecule has 0 aliphatic rings. The summed E-state index contributed by atoms with van der Waals surface area (Å²) in [4.78, 5) is 63.6. The highest BCUT2D eigenvalue weighted by Gasteiger charge is 2.31. The van der Waals surface area contributed by atoms with Crippen molar-refractivity contribution in [2.45, 2.75) is 43.4 Å². The van der Waals surface area contributed by atoms with E-state index in [2.05, 4.69) is 33.6 Å². The molecular formula is C22H29N5O8S. The van der Waals surface area contributed by atoms with Crippen molar-refractivity contribution in [1.29, 1.82) is 0 Å². The molecule has 14 heteroatoms. The quantitative estimate of drug-likeness (QED) is 0.129. The second-order valence-corrected chi connectivity index (χ2v) is 8.35. The van der Waals surface area contributed by atoms with Gasteiger partial charge in [0.05, 0.1) is 12.6 Å². The summed E-state index contributed by atoms with van der Waals surface area (Å²) in [5.41, 5.74) is 7.03. The molecule has 1 heterocycles. The summed E-state index contributed by atoms with van der Waals surface area (Å²) < 4.78 is 0. The molecule has 0 saturated heterocycles. The van der Waals surface area contributed by atoms with Gasteiger partial charge in [-0.25, -0.2) is 4.79 Å².